The Balaban J connectivity index is 1.26. The third-order valence-electron chi connectivity index (χ3n) is 6.79. The van der Waals surface area contributed by atoms with Gasteiger partial charge >= 0.3 is 0 Å². The first kappa shape index (κ1) is 20.1. The molecule has 1 saturated heterocycles. The van der Waals surface area contributed by atoms with E-state index in [9.17, 15) is 9.90 Å². The number of likely N-dealkylation sites (tertiary alicyclic amines) is 1. The molecular formula is C22H28N6O3. The van der Waals surface area contributed by atoms with E-state index in [4.69, 9.17) is 4.74 Å². The molecule has 0 radical (unpaired) electrons. The van der Waals surface area contributed by atoms with Crippen LogP contribution in [0.2, 0.25) is 0 Å². The van der Waals surface area contributed by atoms with Gasteiger partial charge in [-0.1, -0.05) is 11.3 Å². The molecule has 5 rings (SSSR count). The molecule has 31 heavy (non-hydrogen) atoms. The minimum atomic E-state index is -0.491. The number of imidazole rings is 1. The number of amides is 1. The largest absolute Gasteiger partial charge is 0.391 e. The van der Waals surface area contributed by atoms with Crippen molar-refractivity contribution in [2.24, 2.45) is 11.8 Å². The summed E-state index contributed by atoms with van der Waals surface area (Å²) in [5.41, 5.74) is 3.65. The van der Waals surface area contributed by atoms with E-state index in [1.807, 2.05) is 40.8 Å². The molecule has 4 atom stereocenters. The Bertz CT molecular complexity index is 1090. The van der Waals surface area contributed by atoms with E-state index in [0.717, 1.165) is 35.6 Å². The quantitative estimate of drug-likeness (QED) is 0.665. The van der Waals surface area contributed by atoms with Gasteiger partial charge in [-0.2, -0.15) is 0 Å². The highest BCUT2D eigenvalue weighted by atomic mass is 16.5. The Morgan fingerprint density at radius 2 is 2.10 bits per heavy atom. The van der Waals surface area contributed by atoms with Gasteiger partial charge in [-0.25, -0.2) is 9.67 Å². The van der Waals surface area contributed by atoms with Crippen LogP contribution in [0.4, 0.5) is 0 Å². The van der Waals surface area contributed by atoms with E-state index >= 15 is 0 Å². The second kappa shape index (κ2) is 8.05. The normalized spacial score (nSPS) is 25.8. The summed E-state index contributed by atoms with van der Waals surface area (Å²) in [6.07, 6.45) is 6.91. The van der Waals surface area contributed by atoms with Crippen LogP contribution in [0.1, 0.15) is 35.8 Å². The molecule has 3 aromatic rings. The molecular weight excluding hydrogens is 396 g/mol. The number of aliphatic hydroxyl groups is 1. The van der Waals surface area contributed by atoms with Crippen molar-refractivity contribution >= 4 is 11.6 Å². The Kier molecular flexibility index (Phi) is 5.23. The summed E-state index contributed by atoms with van der Waals surface area (Å²) in [7, 11) is 1.62. The van der Waals surface area contributed by atoms with Crippen LogP contribution in [0.3, 0.4) is 0 Å². The van der Waals surface area contributed by atoms with Crippen LogP contribution < -0.4 is 0 Å². The van der Waals surface area contributed by atoms with Crippen LogP contribution in [0, 0.1) is 18.8 Å². The van der Waals surface area contributed by atoms with Crippen LogP contribution in [0.15, 0.2) is 30.7 Å². The zero-order valence-corrected chi connectivity index (χ0v) is 17.9. The lowest BCUT2D eigenvalue weighted by Crippen LogP contribution is -2.36. The number of rotatable bonds is 5. The predicted molar refractivity (Wildman–Crippen MR) is 112 cm³/mol. The van der Waals surface area contributed by atoms with Gasteiger partial charge in [0, 0.05) is 32.6 Å². The summed E-state index contributed by atoms with van der Waals surface area (Å²) in [6, 6.07) is 3.89. The first-order valence-electron chi connectivity index (χ1n) is 10.8. The number of carbonyl (C=O) groups excluding carboxylic acids is 1. The molecule has 9 nitrogen and oxygen atoms in total. The van der Waals surface area contributed by atoms with Crippen LogP contribution in [0.25, 0.3) is 5.65 Å². The number of carbonyl (C=O) groups is 1. The highest BCUT2D eigenvalue weighted by Gasteiger charge is 2.44. The lowest BCUT2D eigenvalue weighted by Gasteiger charge is -2.34. The summed E-state index contributed by atoms with van der Waals surface area (Å²) in [5, 5.41) is 19.1. The smallest absolute Gasteiger partial charge is 0.228 e. The summed E-state index contributed by atoms with van der Waals surface area (Å²) in [5.74, 6) is 0.797. The van der Waals surface area contributed by atoms with Gasteiger partial charge in [0.25, 0.3) is 0 Å². The molecule has 9 heteroatoms. The van der Waals surface area contributed by atoms with E-state index in [2.05, 4.69) is 15.3 Å². The van der Waals surface area contributed by atoms with Crippen LogP contribution >= 0.6 is 0 Å². The van der Waals surface area contributed by atoms with E-state index in [-0.39, 0.29) is 11.9 Å². The van der Waals surface area contributed by atoms with Crippen LogP contribution in [-0.4, -0.2) is 66.6 Å². The van der Waals surface area contributed by atoms with Gasteiger partial charge in [-0.05, 0) is 43.2 Å². The topological polar surface area (TPSA) is 97.8 Å². The number of nitrogens with zero attached hydrogens (tertiary/aromatic N) is 6. The molecule has 4 heterocycles. The van der Waals surface area contributed by atoms with E-state index in [0.29, 0.717) is 37.8 Å². The van der Waals surface area contributed by atoms with Crippen molar-refractivity contribution in [3.8, 4) is 0 Å². The van der Waals surface area contributed by atoms with Crippen molar-refractivity contribution in [1.29, 1.82) is 0 Å². The Morgan fingerprint density at radius 1 is 1.29 bits per heavy atom. The predicted octanol–water partition coefficient (Wildman–Crippen LogP) is 1.39. The molecule has 1 saturated carbocycles. The van der Waals surface area contributed by atoms with Gasteiger partial charge < -0.3 is 19.1 Å². The van der Waals surface area contributed by atoms with Crippen LogP contribution in [-0.2, 0) is 22.6 Å². The van der Waals surface area contributed by atoms with E-state index < -0.39 is 6.10 Å². The Morgan fingerprint density at radius 3 is 2.90 bits per heavy atom. The Hall–Kier alpha value is -2.78. The molecule has 0 spiro atoms. The lowest BCUT2D eigenvalue weighted by molar-refractivity contribution is -0.129. The molecule has 3 aromatic heterocycles. The number of aliphatic hydroxyl groups excluding tert-OH is 1. The van der Waals surface area contributed by atoms with Crippen molar-refractivity contribution in [3.63, 3.8) is 0 Å². The van der Waals surface area contributed by atoms with Crippen molar-refractivity contribution < 1.29 is 14.6 Å². The van der Waals surface area contributed by atoms with Crippen molar-refractivity contribution in [2.75, 3.05) is 20.2 Å². The first-order chi connectivity index (χ1) is 15.0. The van der Waals surface area contributed by atoms with Crippen molar-refractivity contribution in [3.05, 3.63) is 47.7 Å². The number of aromatic nitrogens is 5. The fourth-order valence-electron chi connectivity index (χ4n) is 5.18. The van der Waals surface area contributed by atoms with E-state index in [1.54, 1.807) is 18.0 Å². The van der Waals surface area contributed by atoms with Crippen molar-refractivity contribution in [2.45, 2.75) is 44.9 Å². The maximum Gasteiger partial charge on any atom is 0.228 e. The minimum Gasteiger partial charge on any atom is -0.391 e. The zero-order chi connectivity index (χ0) is 21.5. The molecule has 1 aliphatic carbocycles. The maximum absolute atomic E-state index is 13.1. The fraction of sp³-hybridized carbons (Fsp3) is 0.545. The molecule has 2 fully saturated rings. The summed E-state index contributed by atoms with van der Waals surface area (Å²) in [6.45, 7) is 3.85. The van der Waals surface area contributed by atoms with Crippen LogP contribution in [0.5, 0.6) is 0 Å². The van der Waals surface area contributed by atoms with Gasteiger partial charge in [0.05, 0.1) is 37.1 Å². The van der Waals surface area contributed by atoms with Gasteiger partial charge in [0.1, 0.15) is 11.3 Å². The molecule has 1 amide bonds. The van der Waals surface area contributed by atoms with Gasteiger partial charge in [0.2, 0.25) is 5.91 Å². The second-order valence-corrected chi connectivity index (χ2v) is 8.86. The number of hydrogen-bond acceptors (Lipinski definition) is 6. The third kappa shape index (κ3) is 3.72. The fourth-order valence-corrected chi connectivity index (χ4v) is 5.18. The molecule has 1 aliphatic heterocycles. The van der Waals surface area contributed by atoms with Gasteiger partial charge in [-0.15, -0.1) is 5.10 Å². The molecule has 0 unspecified atom stereocenters. The second-order valence-electron chi connectivity index (χ2n) is 8.86. The Labute approximate surface area is 180 Å². The first-order valence-corrected chi connectivity index (χ1v) is 10.8. The SMILES string of the molecule is COCc1cn([C@@H]2C[C@@H]3CN(C(=O)Cc4cnc5c(C)cccn45)C[C@@H]3C[C@H]2O)nn1. The summed E-state index contributed by atoms with van der Waals surface area (Å²) < 4.78 is 8.88. The average Bonchev–Trinajstić information content (AvgIpc) is 3.47. The molecule has 0 aromatic carbocycles. The van der Waals surface area contributed by atoms with E-state index in [1.165, 1.54) is 0 Å². The monoisotopic (exact) mass is 424 g/mol. The lowest BCUT2D eigenvalue weighted by atomic mass is 9.77. The number of fused-ring (bicyclic) bond motifs is 2. The molecule has 1 N–H and O–H groups in total. The number of hydrogen-bond donors (Lipinski definition) is 1. The van der Waals surface area contributed by atoms with Crippen molar-refractivity contribution in [1.82, 2.24) is 29.3 Å². The zero-order valence-electron chi connectivity index (χ0n) is 17.9. The maximum atomic E-state index is 13.1. The standard InChI is InChI=1S/C22H28N6O3/c1-14-4-3-5-27-18(9-23-22(14)27)8-21(30)26-10-15-6-19(20(29)7-16(15)11-26)28-12-17(13-31-2)24-25-28/h3-5,9,12,15-16,19-20,29H,6-8,10-11,13H2,1-2H3/t15-,16+,19-,20-/m1/s1. The van der Waals surface area contributed by atoms with Gasteiger partial charge in [0.15, 0.2) is 0 Å². The third-order valence-corrected chi connectivity index (χ3v) is 6.79. The minimum absolute atomic E-state index is 0.115. The molecule has 164 valence electrons. The average molecular weight is 425 g/mol. The summed E-state index contributed by atoms with van der Waals surface area (Å²) in [4.78, 5) is 19.5. The van der Waals surface area contributed by atoms with Gasteiger partial charge in [-0.3, -0.25) is 4.79 Å². The highest BCUT2D eigenvalue weighted by Crippen LogP contribution is 2.41. The number of ether oxygens (including phenoxy) is 1. The number of aryl methyl sites for hydroxylation is 1. The number of methoxy groups -OCH3 is 1. The molecule has 0 bridgehead atoms. The molecule has 2 aliphatic rings. The summed E-state index contributed by atoms with van der Waals surface area (Å²) >= 11 is 0. The number of pyridine rings is 1. The highest BCUT2D eigenvalue weighted by molar-refractivity contribution is 5.79.